The maximum atomic E-state index is 13.7. The summed E-state index contributed by atoms with van der Waals surface area (Å²) in [5, 5.41) is 8.11. The minimum Gasteiger partial charge on any atom is -0.340 e. The lowest BCUT2D eigenvalue weighted by atomic mass is 10.0. The SMILES string of the molecule is CN1CCN(c2ccc(F)c(F)c2)c2ccc(-c3cccnn3)cc2C1. The molecule has 4 rings (SSSR count). The lowest BCUT2D eigenvalue weighted by Gasteiger charge is -2.25. The van der Waals surface area contributed by atoms with Crippen LogP contribution in [-0.4, -0.2) is 35.2 Å². The van der Waals surface area contributed by atoms with Gasteiger partial charge < -0.3 is 9.80 Å². The number of hydrogen-bond donors (Lipinski definition) is 0. The summed E-state index contributed by atoms with van der Waals surface area (Å²) < 4.78 is 27.1. The molecule has 0 saturated heterocycles. The van der Waals surface area contributed by atoms with Gasteiger partial charge in [-0.05, 0) is 49.0 Å². The zero-order valence-electron chi connectivity index (χ0n) is 14.4. The van der Waals surface area contributed by atoms with E-state index >= 15 is 0 Å². The van der Waals surface area contributed by atoms with Crippen LogP contribution in [0, 0.1) is 11.6 Å². The third-order valence-corrected chi connectivity index (χ3v) is 4.60. The molecule has 26 heavy (non-hydrogen) atoms. The van der Waals surface area contributed by atoms with Gasteiger partial charge >= 0.3 is 0 Å². The highest BCUT2D eigenvalue weighted by atomic mass is 19.2. The van der Waals surface area contributed by atoms with Gasteiger partial charge in [0.1, 0.15) is 0 Å². The average molecular weight is 352 g/mol. The van der Waals surface area contributed by atoms with Crippen LogP contribution in [0.3, 0.4) is 0 Å². The number of halogens is 2. The first-order valence-corrected chi connectivity index (χ1v) is 8.44. The number of hydrogen-bond acceptors (Lipinski definition) is 4. The minimum absolute atomic E-state index is 0.646. The van der Waals surface area contributed by atoms with Gasteiger partial charge in [-0.3, -0.25) is 0 Å². The van der Waals surface area contributed by atoms with Gasteiger partial charge in [0.2, 0.25) is 0 Å². The van der Waals surface area contributed by atoms with Crippen LogP contribution < -0.4 is 4.90 Å². The summed E-state index contributed by atoms with van der Waals surface area (Å²) >= 11 is 0. The van der Waals surface area contributed by atoms with Gasteiger partial charge in [0.25, 0.3) is 0 Å². The Hall–Kier alpha value is -2.86. The fourth-order valence-corrected chi connectivity index (χ4v) is 3.27. The molecule has 0 amide bonds. The Morgan fingerprint density at radius 3 is 2.62 bits per heavy atom. The van der Waals surface area contributed by atoms with Gasteiger partial charge in [-0.2, -0.15) is 10.2 Å². The second-order valence-electron chi connectivity index (χ2n) is 6.44. The summed E-state index contributed by atoms with van der Waals surface area (Å²) in [6.45, 7) is 2.27. The Labute approximate surface area is 150 Å². The molecule has 6 heteroatoms. The van der Waals surface area contributed by atoms with Gasteiger partial charge in [-0.15, -0.1) is 0 Å². The first-order chi connectivity index (χ1) is 12.6. The second-order valence-corrected chi connectivity index (χ2v) is 6.44. The van der Waals surface area contributed by atoms with E-state index in [-0.39, 0.29) is 0 Å². The first kappa shape index (κ1) is 16.6. The highest BCUT2D eigenvalue weighted by Crippen LogP contribution is 2.34. The summed E-state index contributed by atoms with van der Waals surface area (Å²) in [4.78, 5) is 4.24. The molecule has 0 atom stereocenters. The standard InChI is InChI=1S/C20H18F2N4/c1-25-9-10-26(16-5-6-17(21)18(22)12-16)20-7-4-14(11-15(20)13-25)19-3-2-8-23-24-19/h2-8,11-12H,9-10,13H2,1H3. The van der Waals surface area contributed by atoms with Crippen molar-refractivity contribution >= 4 is 11.4 Å². The Bertz CT molecular complexity index is 930. The highest BCUT2D eigenvalue weighted by Gasteiger charge is 2.21. The predicted octanol–water partition coefficient (Wildman–Crippen LogP) is 4.01. The van der Waals surface area contributed by atoms with Crippen molar-refractivity contribution in [3.8, 4) is 11.3 Å². The van der Waals surface area contributed by atoms with E-state index in [4.69, 9.17) is 0 Å². The Balaban J connectivity index is 1.79. The summed E-state index contributed by atoms with van der Waals surface area (Å²) in [7, 11) is 2.05. The molecule has 1 aromatic heterocycles. The van der Waals surface area contributed by atoms with Gasteiger partial charge in [-0.1, -0.05) is 6.07 Å². The van der Waals surface area contributed by atoms with Gasteiger partial charge in [0.15, 0.2) is 11.6 Å². The zero-order chi connectivity index (χ0) is 18.1. The van der Waals surface area contributed by atoms with E-state index in [2.05, 4.69) is 21.2 Å². The van der Waals surface area contributed by atoms with Crippen LogP contribution in [0.15, 0.2) is 54.7 Å². The zero-order valence-corrected chi connectivity index (χ0v) is 14.4. The molecule has 1 aliphatic heterocycles. The van der Waals surface area contributed by atoms with Crippen LogP contribution in [0.1, 0.15) is 5.56 Å². The van der Waals surface area contributed by atoms with E-state index < -0.39 is 11.6 Å². The average Bonchev–Trinajstić information content (AvgIpc) is 2.82. The van der Waals surface area contributed by atoms with E-state index in [9.17, 15) is 8.78 Å². The summed E-state index contributed by atoms with van der Waals surface area (Å²) in [5.41, 5.74) is 4.54. The van der Waals surface area contributed by atoms with Gasteiger partial charge in [-0.25, -0.2) is 8.78 Å². The number of likely N-dealkylation sites (N-methyl/N-ethyl adjacent to an activating group) is 1. The maximum Gasteiger partial charge on any atom is 0.160 e. The molecular weight excluding hydrogens is 334 g/mol. The van der Waals surface area contributed by atoms with Crippen molar-refractivity contribution in [2.45, 2.75) is 6.54 Å². The number of benzene rings is 2. The van der Waals surface area contributed by atoms with Gasteiger partial charge in [0, 0.05) is 48.8 Å². The Kier molecular flexibility index (Phi) is 4.34. The molecule has 3 aromatic rings. The minimum atomic E-state index is -0.835. The molecule has 0 saturated carbocycles. The number of aromatic nitrogens is 2. The molecule has 0 fully saturated rings. The van der Waals surface area contributed by atoms with E-state index in [1.54, 1.807) is 12.3 Å². The molecule has 4 nitrogen and oxygen atoms in total. The highest BCUT2D eigenvalue weighted by molar-refractivity contribution is 5.72. The Morgan fingerprint density at radius 2 is 1.85 bits per heavy atom. The van der Waals surface area contributed by atoms with Crippen LogP contribution in [0.5, 0.6) is 0 Å². The fourth-order valence-electron chi connectivity index (χ4n) is 3.27. The van der Waals surface area contributed by atoms with Crippen molar-refractivity contribution in [3.63, 3.8) is 0 Å². The second kappa shape index (κ2) is 6.80. The topological polar surface area (TPSA) is 32.3 Å². The third kappa shape index (κ3) is 3.15. The molecular formula is C20H18F2N4. The van der Waals surface area contributed by atoms with E-state index in [1.807, 2.05) is 36.2 Å². The third-order valence-electron chi connectivity index (χ3n) is 4.60. The van der Waals surface area contributed by atoms with E-state index in [0.717, 1.165) is 35.6 Å². The molecule has 0 aliphatic carbocycles. The summed E-state index contributed by atoms with van der Waals surface area (Å²) in [5.74, 6) is -1.67. The molecule has 0 bridgehead atoms. The molecule has 0 radical (unpaired) electrons. The van der Waals surface area contributed by atoms with Gasteiger partial charge in [0.05, 0.1) is 5.69 Å². The normalized spacial score (nSPS) is 14.8. The van der Waals surface area contributed by atoms with E-state index in [0.29, 0.717) is 12.2 Å². The molecule has 2 heterocycles. The van der Waals surface area contributed by atoms with Crippen molar-refractivity contribution < 1.29 is 8.78 Å². The lowest BCUT2D eigenvalue weighted by Crippen LogP contribution is -2.26. The van der Waals surface area contributed by atoms with Crippen molar-refractivity contribution in [3.05, 3.63) is 71.9 Å². The quantitative estimate of drug-likeness (QED) is 0.698. The monoisotopic (exact) mass is 352 g/mol. The lowest BCUT2D eigenvalue weighted by molar-refractivity contribution is 0.343. The smallest absolute Gasteiger partial charge is 0.160 e. The molecule has 0 spiro atoms. The van der Waals surface area contributed by atoms with Crippen LogP contribution in [0.25, 0.3) is 11.3 Å². The first-order valence-electron chi connectivity index (χ1n) is 8.44. The Morgan fingerprint density at radius 1 is 0.962 bits per heavy atom. The predicted molar refractivity (Wildman–Crippen MR) is 97.2 cm³/mol. The van der Waals surface area contributed by atoms with Crippen LogP contribution in [0.2, 0.25) is 0 Å². The van der Waals surface area contributed by atoms with Crippen molar-refractivity contribution in [1.82, 2.24) is 15.1 Å². The summed E-state index contributed by atoms with van der Waals surface area (Å²) in [6, 6.07) is 13.9. The van der Waals surface area contributed by atoms with Crippen molar-refractivity contribution in [1.29, 1.82) is 0 Å². The maximum absolute atomic E-state index is 13.7. The van der Waals surface area contributed by atoms with Crippen LogP contribution >= 0.6 is 0 Å². The van der Waals surface area contributed by atoms with Crippen LogP contribution in [-0.2, 0) is 6.54 Å². The number of nitrogens with zero attached hydrogens (tertiary/aromatic N) is 4. The molecule has 132 valence electrons. The molecule has 0 N–H and O–H groups in total. The fraction of sp³-hybridized carbons (Fsp3) is 0.200. The number of anilines is 2. The largest absolute Gasteiger partial charge is 0.340 e. The van der Waals surface area contributed by atoms with Crippen molar-refractivity contribution in [2.75, 3.05) is 25.0 Å². The number of rotatable bonds is 2. The summed E-state index contributed by atoms with van der Waals surface area (Å²) in [6.07, 6.45) is 1.64. The van der Waals surface area contributed by atoms with E-state index in [1.165, 1.54) is 12.1 Å². The molecule has 1 aliphatic rings. The van der Waals surface area contributed by atoms with Crippen LogP contribution in [0.4, 0.5) is 20.2 Å². The molecule has 2 aromatic carbocycles. The number of fused-ring (bicyclic) bond motifs is 1. The molecule has 0 unspecified atom stereocenters. The van der Waals surface area contributed by atoms with Crippen molar-refractivity contribution in [2.24, 2.45) is 0 Å².